The Morgan fingerprint density at radius 1 is 1.09 bits per heavy atom. The van der Waals surface area contributed by atoms with Crippen molar-refractivity contribution in [2.45, 2.75) is 26.3 Å². The van der Waals surface area contributed by atoms with Gasteiger partial charge in [-0.3, -0.25) is 4.79 Å². The number of halogens is 1. The molecule has 2 heterocycles. The maximum Gasteiger partial charge on any atom is 0.227 e. The summed E-state index contributed by atoms with van der Waals surface area (Å²) in [7, 11) is 1.60. The van der Waals surface area contributed by atoms with E-state index in [2.05, 4.69) is 14.9 Å². The maximum atomic E-state index is 13.1. The molecular formula is C25H27FN4O3. The number of ether oxygens (including phenoxy) is 2. The molecule has 1 aliphatic heterocycles. The number of piperazine rings is 1. The molecule has 0 spiro atoms. The van der Waals surface area contributed by atoms with Crippen molar-refractivity contribution < 1.29 is 18.7 Å². The quantitative estimate of drug-likeness (QED) is 0.566. The average molecular weight is 451 g/mol. The summed E-state index contributed by atoms with van der Waals surface area (Å²) in [5, 5.41) is 0. The second-order valence-corrected chi connectivity index (χ2v) is 8.16. The van der Waals surface area contributed by atoms with E-state index in [0.29, 0.717) is 37.0 Å². The summed E-state index contributed by atoms with van der Waals surface area (Å²) in [4.78, 5) is 25.4. The number of benzene rings is 2. The third kappa shape index (κ3) is 5.39. The molecule has 1 aliphatic rings. The Kier molecular flexibility index (Phi) is 6.72. The van der Waals surface area contributed by atoms with Crippen LogP contribution in [0.3, 0.4) is 0 Å². The molecule has 0 saturated carbocycles. The number of aryl methyl sites for hydroxylation is 1. The van der Waals surface area contributed by atoms with Crippen molar-refractivity contribution in [2.24, 2.45) is 0 Å². The van der Waals surface area contributed by atoms with Gasteiger partial charge in [-0.1, -0.05) is 18.2 Å². The van der Waals surface area contributed by atoms with E-state index < -0.39 is 0 Å². The monoisotopic (exact) mass is 450 g/mol. The molecule has 0 radical (unpaired) electrons. The Morgan fingerprint density at radius 3 is 2.61 bits per heavy atom. The lowest BCUT2D eigenvalue weighted by Gasteiger charge is -2.40. The second kappa shape index (κ2) is 9.85. The fourth-order valence-corrected chi connectivity index (χ4v) is 3.95. The van der Waals surface area contributed by atoms with Crippen LogP contribution in [0.15, 0.2) is 54.9 Å². The van der Waals surface area contributed by atoms with Gasteiger partial charge in [0.15, 0.2) is 11.5 Å². The number of carbonyl (C=O) groups is 1. The zero-order chi connectivity index (χ0) is 23.4. The van der Waals surface area contributed by atoms with E-state index in [4.69, 9.17) is 9.47 Å². The average Bonchev–Trinajstić information content (AvgIpc) is 2.81. The van der Waals surface area contributed by atoms with E-state index in [0.717, 1.165) is 16.9 Å². The van der Waals surface area contributed by atoms with Gasteiger partial charge in [0.1, 0.15) is 18.0 Å². The zero-order valence-corrected chi connectivity index (χ0v) is 19.0. The first kappa shape index (κ1) is 22.5. The fraction of sp³-hybridized carbons (Fsp3) is 0.320. The van der Waals surface area contributed by atoms with Crippen molar-refractivity contribution in [1.29, 1.82) is 0 Å². The van der Waals surface area contributed by atoms with Crippen LogP contribution in [0.2, 0.25) is 0 Å². The molecule has 33 heavy (non-hydrogen) atoms. The lowest BCUT2D eigenvalue weighted by molar-refractivity contribution is -0.132. The first-order valence-electron chi connectivity index (χ1n) is 10.9. The van der Waals surface area contributed by atoms with Crippen LogP contribution in [0.25, 0.3) is 0 Å². The van der Waals surface area contributed by atoms with Crippen molar-refractivity contribution in [1.82, 2.24) is 14.9 Å². The van der Waals surface area contributed by atoms with Crippen LogP contribution in [0, 0.1) is 12.7 Å². The van der Waals surface area contributed by atoms with Crippen molar-refractivity contribution in [3.8, 4) is 17.4 Å². The molecule has 3 aromatic rings. The Hall–Kier alpha value is -3.68. The number of nitrogens with zero attached hydrogens (tertiary/aromatic N) is 4. The van der Waals surface area contributed by atoms with Crippen LogP contribution >= 0.6 is 0 Å². The highest BCUT2D eigenvalue weighted by Crippen LogP contribution is 2.32. The summed E-state index contributed by atoms with van der Waals surface area (Å²) < 4.78 is 24.5. The number of carbonyl (C=O) groups excluding carboxylic acids is 1. The van der Waals surface area contributed by atoms with E-state index in [1.54, 1.807) is 25.3 Å². The molecule has 0 aliphatic carbocycles. The molecule has 0 N–H and O–H groups in total. The van der Waals surface area contributed by atoms with Gasteiger partial charge in [0.2, 0.25) is 11.8 Å². The van der Waals surface area contributed by atoms with Crippen molar-refractivity contribution in [3.05, 3.63) is 71.8 Å². The largest absolute Gasteiger partial charge is 0.493 e. The van der Waals surface area contributed by atoms with E-state index in [1.807, 2.05) is 36.9 Å². The van der Waals surface area contributed by atoms with E-state index in [1.165, 1.54) is 18.5 Å². The molecule has 0 bridgehead atoms. The third-order valence-electron chi connectivity index (χ3n) is 5.70. The Bertz CT molecular complexity index is 1120. The third-order valence-corrected chi connectivity index (χ3v) is 5.70. The van der Waals surface area contributed by atoms with E-state index in [9.17, 15) is 9.18 Å². The van der Waals surface area contributed by atoms with Crippen LogP contribution in [0.5, 0.6) is 17.4 Å². The summed E-state index contributed by atoms with van der Waals surface area (Å²) in [5.41, 5.74) is 1.88. The van der Waals surface area contributed by atoms with Crippen LogP contribution in [0.1, 0.15) is 18.1 Å². The van der Waals surface area contributed by atoms with Gasteiger partial charge in [-0.2, -0.15) is 0 Å². The van der Waals surface area contributed by atoms with Crippen molar-refractivity contribution in [3.63, 3.8) is 0 Å². The summed E-state index contributed by atoms with van der Waals surface area (Å²) in [5.74, 6) is 2.11. The molecule has 7 nitrogen and oxygen atoms in total. The van der Waals surface area contributed by atoms with Crippen LogP contribution in [0.4, 0.5) is 10.2 Å². The zero-order valence-electron chi connectivity index (χ0n) is 19.0. The standard InChI is InChI=1S/C25H27FN4O3/c1-17-4-9-21(22(12-17)32-3)33-24-14-23(27-16-28-24)29-10-11-30(18(2)15-29)25(31)13-19-5-7-20(26)8-6-19/h4-9,12,14,16,18H,10-11,13,15H2,1-3H3/t18-/m1/s1. The SMILES string of the molecule is COc1cc(C)ccc1Oc1cc(N2CCN(C(=O)Cc3ccc(F)cc3)[C@H](C)C2)ncn1. The molecule has 1 atom stereocenters. The lowest BCUT2D eigenvalue weighted by atomic mass is 10.1. The van der Waals surface area contributed by atoms with Gasteiger partial charge in [0.25, 0.3) is 0 Å². The topological polar surface area (TPSA) is 67.8 Å². The number of rotatable bonds is 6. The molecule has 2 aromatic carbocycles. The Morgan fingerprint density at radius 2 is 1.88 bits per heavy atom. The van der Waals surface area contributed by atoms with Gasteiger partial charge >= 0.3 is 0 Å². The van der Waals surface area contributed by atoms with Gasteiger partial charge in [0.05, 0.1) is 13.5 Å². The highest BCUT2D eigenvalue weighted by molar-refractivity contribution is 5.79. The maximum absolute atomic E-state index is 13.1. The van der Waals surface area contributed by atoms with Crippen molar-refractivity contribution >= 4 is 11.7 Å². The number of hydrogen-bond acceptors (Lipinski definition) is 6. The predicted octanol–water partition coefficient (Wildman–Crippen LogP) is 4.00. The van der Waals surface area contributed by atoms with E-state index >= 15 is 0 Å². The van der Waals surface area contributed by atoms with Crippen LogP contribution < -0.4 is 14.4 Å². The fourth-order valence-electron chi connectivity index (χ4n) is 3.95. The Balaban J connectivity index is 1.41. The molecule has 1 aromatic heterocycles. The number of hydrogen-bond donors (Lipinski definition) is 0. The van der Waals surface area contributed by atoms with Crippen LogP contribution in [-0.2, 0) is 11.2 Å². The number of amides is 1. The second-order valence-electron chi connectivity index (χ2n) is 8.16. The van der Waals surface area contributed by atoms with Crippen molar-refractivity contribution in [2.75, 3.05) is 31.6 Å². The Labute approximate surface area is 192 Å². The van der Waals surface area contributed by atoms with E-state index in [-0.39, 0.29) is 24.2 Å². The highest BCUT2D eigenvalue weighted by Gasteiger charge is 2.28. The van der Waals surface area contributed by atoms with Gasteiger partial charge in [0, 0.05) is 31.7 Å². The summed E-state index contributed by atoms with van der Waals surface area (Å²) in [6, 6.07) is 13.6. The molecule has 8 heteroatoms. The number of methoxy groups -OCH3 is 1. The first-order valence-corrected chi connectivity index (χ1v) is 10.9. The minimum Gasteiger partial charge on any atom is -0.493 e. The summed E-state index contributed by atoms with van der Waals surface area (Å²) in [6.07, 6.45) is 1.73. The van der Waals surface area contributed by atoms with Gasteiger partial charge in [-0.05, 0) is 49.2 Å². The molecule has 0 unspecified atom stereocenters. The first-order chi connectivity index (χ1) is 15.9. The van der Waals surface area contributed by atoms with Crippen LogP contribution in [-0.4, -0.2) is 53.6 Å². The van der Waals surface area contributed by atoms with Gasteiger partial charge in [-0.25, -0.2) is 14.4 Å². The number of anilines is 1. The normalized spacial score (nSPS) is 15.9. The van der Waals surface area contributed by atoms with Gasteiger partial charge < -0.3 is 19.3 Å². The molecule has 1 amide bonds. The molecule has 1 saturated heterocycles. The predicted molar refractivity (Wildman–Crippen MR) is 123 cm³/mol. The minimum absolute atomic E-state index is 0.00299. The minimum atomic E-state index is -0.304. The summed E-state index contributed by atoms with van der Waals surface area (Å²) in [6.45, 7) is 5.86. The highest BCUT2D eigenvalue weighted by atomic mass is 19.1. The molecule has 4 rings (SSSR count). The lowest BCUT2D eigenvalue weighted by Crippen LogP contribution is -2.54. The van der Waals surface area contributed by atoms with Gasteiger partial charge in [-0.15, -0.1) is 0 Å². The smallest absolute Gasteiger partial charge is 0.227 e. The molecular weight excluding hydrogens is 423 g/mol. The molecule has 1 fully saturated rings. The summed E-state index contributed by atoms with van der Waals surface area (Å²) >= 11 is 0. The molecule has 172 valence electrons. The number of aromatic nitrogens is 2.